The number of halogens is 3. The first-order valence-corrected chi connectivity index (χ1v) is 5.59. The Balaban J connectivity index is 2.09. The highest BCUT2D eigenvalue weighted by Crippen LogP contribution is 2.30. The van der Waals surface area contributed by atoms with Gasteiger partial charge >= 0.3 is 6.18 Å². The van der Waals surface area contributed by atoms with Gasteiger partial charge in [0.15, 0.2) is 11.5 Å². The lowest BCUT2D eigenvalue weighted by Gasteiger charge is -2.05. The fourth-order valence-electron chi connectivity index (χ4n) is 1.82. The number of nitrogens with zero attached hydrogens (tertiary/aromatic N) is 4. The van der Waals surface area contributed by atoms with E-state index in [9.17, 15) is 13.2 Å². The average Bonchev–Trinajstić information content (AvgIpc) is 2.76. The summed E-state index contributed by atoms with van der Waals surface area (Å²) in [6.45, 7) is 0. The number of pyridine rings is 1. The van der Waals surface area contributed by atoms with E-state index in [-0.39, 0.29) is 5.82 Å². The summed E-state index contributed by atoms with van der Waals surface area (Å²) in [4.78, 5) is 7.62. The van der Waals surface area contributed by atoms with Crippen LogP contribution in [0.25, 0.3) is 16.9 Å². The molecule has 8 heteroatoms. The van der Waals surface area contributed by atoms with Crippen LogP contribution in [0.5, 0.6) is 0 Å². The highest BCUT2D eigenvalue weighted by Gasteiger charge is 2.32. The van der Waals surface area contributed by atoms with Crippen LogP contribution in [-0.2, 0) is 6.18 Å². The topological polar surface area (TPSA) is 69.1 Å². The standard InChI is InChI=1S/C12H8F3N5/c13-12(14,15)8-4-3-7(6-17-8)10-11(16)20-9(19-10)2-1-5-18-20/h1-6H,16H2. The number of hydrogen-bond acceptors (Lipinski definition) is 4. The van der Waals surface area contributed by atoms with Crippen molar-refractivity contribution >= 4 is 11.5 Å². The molecule has 0 unspecified atom stereocenters. The van der Waals surface area contributed by atoms with Gasteiger partial charge in [0.2, 0.25) is 0 Å². The van der Waals surface area contributed by atoms with E-state index in [0.29, 0.717) is 16.9 Å². The Morgan fingerprint density at radius 1 is 1.15 bits per heavy atom. The molecule has 0 fully saturated rings. The van der Waals surface area contributed by atoms with E-state index in [1.165, 1.54) is 10.6 Å². The number of nitrogen functional groups attached to an aromatic ring is 1. The minimum absolute atomic E-state index is 0.252. The van der Waals surface area contributed by atoms with Crippen LogP contribution in [0.2, 0.25) is 0 Å². The first kappa shape index (κ1) is 12.4. The fourth-order valence-corrected chi connectivity index (χ4v) is 1.82. The van der Waals surface area contributed by atoms with Crippen molar-refractivity contribution in [1.29, 1.82) is 0 Å². The van der Waals surface area contributed by atoms with Gasteiger partial charge in [-0.1, -0.05) is 0 Å². The largest absolute Gasteiger partial charge is 0.433 e. The second-order valence-electron chi connectivity index (χ2n) is 4.07. The van der Waals surface area contributed by atoms with Crippen LogP contribution in [0, 0.1) is 0 Å². The molecule has 0 saturated heterocycles. The Morgan fingerprint density at radius 3 is 2.55 bits per heavy atom. The maximum absolute atomic E-state index is 12.5. The number of nitrogens with two attached hydrogens (primary N) is 1. The molecule has 3 heterocycles. The molecule has 0 radical (unpaired) electrons. The molecule has 3 rings (SSSR count). The van der Waals surface area contributed by atoms with Crippen molar-refractivity contribution in [2.24, 2.45) is 0 Å². The van der Waals surface area contributed by atoms with Crippen LogP contribution < -0.4 is 5.73 Å². The Hall–Kier alpha value is -2.64. The molecule has 0 aliphatic heterocycles. The van der Waals surface area contributed by atoms with Gasteiger partial charge in [-0.2, -0.15) is 22.8 Å². The van der Waals surface area contributed by atoms with E-state index in [1.54, 1.807) is 18.3 Å². The third-order valence-corrected chi connectivity index (χ3v) is 2.76. The summed E-state index contributed by atoms with van der Waals surface area (Å²) < 4.78 is 38.8. The second kappa shape index (κ2) is 4.19. The SMILES string of the molecule is Nc1c(-c2ccc(C(F)(F)F)nc2)nc2cccnn12. The first-order chi connectivity index (χ1) is 9.47. The Kier molecular flexibility index (Phi) is 2.60. The third kappa shape index (κ3) is 1.94. The van der Waals surface area contributed by atoms with Gasteiger partial charge in [0, 0.05) is 18.0 Å². The summed E-state index contributed by atoms with van der Waals surface area (Å²) >= 11 is 0. The Bertz CT molecular complexity index is 761. The molecule has 102 valence electrons. The Morgan fingerprint density at radius 2 is 1.95 bits per heavy atom. The molecule has 20 heavy (non-hydrogen) atoms. The lowest BCUT2D eigenvalue weighted by atomic mass is 10.2. The number of rotatable bonds is 1. The normalized spacial score (nSPS) is 11.9. The van der Waals surface area contributed by atoms with Crippen molar-refractivity contribution in [3.05, 3.63) is 42.4 Å². The zero-order valence-corrected chi connectivity index (χ0v) is 9.96. The summed E-state index contributed by atoms with van der Waals surface area (Å²) in [5.74, 6) is 0.252. The summed E-state index contributed by atoms with van der Waals surface area (Å²) in [6, 6.07) is 5.57. The average molecular weight is 279 g/mol. The van der Waals surface area contributed by atoms with Crippen molar-refractivity contribution in [3.63, 3.8) is 0 Å². The molecule has 0 aromatic carbocycles. The van der Waals surface area contributed by atoms with Gasteiger partial charge in [0.05, 0.1) is 0 Å². The highest BCUT2D eigenvalue weighted by atomic mass is 19.4. The molecule has 3 aromatic rings. The lowest BCUT2D eigenvalue weighted by molar-refractivity contribution is -0.141. The van der Waals surface area contributed by atoms with Crippen molar-refractivity contribution in [2.75, 3.05) is 5.73 Å². The molecule has 5 nitrogen and oxygen atoms in total. The quantitative estimate of drug-likeness (QED) is 0.742. The summed E-state index contributed by atoms with van der Waals surface area (Å²) in [5, 5.41) is 4.01. The molecule has 0 spiro atoms. The van der Waals surface area contributed by atoms with Crippen LogP contribution in [0.3, 0.4) is 0 Å². The lowest BCUT2D eigenvalue weighted by Crippen LogP contribution is -2.07. The van der Waals surface area contributed by atoms with Crippen molar-refractivity contribution in [2.45, 2.75) is 6.18 Å². The second-order valence-corrected chi connectivity index (χ2v) is 4.07. The maximum atomic E-state index is 12.5. The van der Waals surface area contributed by atoms with Gasteiger partial charge < -0.3 is 5.73 Å². The number of imidazole rings is 1. The molecule has 0 aliphatic rings. The van der Waals surface area contributed by atoms with Crippen LogP contribution in [0.15, 0.2) is 36.7 Å². The van der Waals surface area contributed by atoms with Gasteiger partial charge in [0.25, 0.3) is 0 Å². The van der Waals surface area contributed by atoms with Crippen LogP contribution in [0.1, 0.15) is 5.69 Å². The maximum Gasteiger partial charge on any atom is 0.433 e. The molecule has 0 aliphatic carbocycles. The van der Waals surface area contributed by atoms with Gasteiger partial charge in [0.1, 0.15) is 11.4 Å². The molecular formula is C12H8F3N5. The first-order valence-electron chi connectivity index (χ1n) is 5.59. The number of hydrogen-bond donors (Lipinski definition) is 1. The Labute approximate surface area is 110 Å². The molecular weight excluding hydrogens is 271 g/mol. The molecule has 2 N–H and O–H groups in total. The number of alkyl halides is 3. The van der Waals surface area contributed by atoms with E-state index in [1.807, 2.05) is 0 Å². The smallest absolute Gasteiger partial charge is 0.382 e. The number of fused-ring (bicyclic) bond motifs is 1. The zero-order valence-electron chi connectivity index (χ0n) is 9.96. The monoisotopic (exact) mass is 279 g/mol. The predicted molar refractivity (Wildman–Crippen MR) is 65.6 cm³/mol. The minimum atomic E-state index is -4.47. The van der Waals surface area contributed by atoms with Gasteiger partial charge in [-0.05, 0) is 24.3 Å². The van der Waals surface area contributed by atoms with E-state index in [4.69, 9.17) is 5.73 Å². The molecule has 3 aromatic heterocycles. The van der Waals surface area contributed by atoms with Crippen LogP contribution >= 0.6 is 0 Å². The molecule has 0 amide bonds. The number of anilines is 1. The summed E-state index contributed by atoms with van der Waals surface area (Å²) in [6.07, 6.45) is -1.83. The van der Waals surface area contributed by atoms with Gasteiger partial charge in [-0.25, -0.2) is 4.98 Å². The van der Waals surface area contributed by atoms with E-state index < -0.39 is 11.9 Å². The third-order valence-electron chi connectivity index (χ3n) is 2.76. The zero-order chi connectivity index (χ0) is 14.3. The van der Waals surface area contributed by atoms with Gasteiger partial charge in [-0.3, -0.25) is 4.98 Å². The predicted octanol–water partition coefficient (Wildman–Crippen LogP) is 2.39. The number of aromatic nitrogens is 4. The van der Waals surface area contributed by atoms with Crippen LogP contribution in [-0.4, -0.2) is 19.6 Å². The highest BCUT2D eigenvalue weighted by molar-refractivity contribution is 5.73. The van der Waals surface area contributed by atoms with Gasteiger partial charge in [-0.15, -0.1) is 0 Å². The van der Waals surface area contributed by atoms with Crippen molar-refractivity contribution < 1.29 is 13.2 Å². The molecule has 0 bridgehead atoms. The van der Waals surface area contributed by atoms with E-state index in [2.05, 4.69) is 15.1 Å². The van der Waals surface area contributed by atoms with Crippen LogP contribution in [0.4, 0.5) is 19.0 Å². The van der Waals surface area contributed by atoms with E-state index in [0.717, 1.165) is 12.3 Å². The molecule has 0 atom stereocenters. The van der Waals surface area contributed by atoms with E-state index >= 15 is 0 Å². The fraction of sp³-hybridized carbons (Fsp3) is 0.0833. The molecule has 0 saturated carbocycles. The van der Waals surface area contributed by atoms with Crippen molar-refractivity contribution in [3.8, 4) is 11.3 Å². The minimum Gasteiger partial charge on any atom is -0.382 e. The van der Waals surface area contributed by atoms with Crippen molar-refractivity contribution in [1.82, 2.24) is 19.6 Å². The summed E-state index contributed by atoms with van der Waals surface area (Å²) in [5.41, 5.74) is 6.20. The summed E-state index contributed by atoms with van der Waals surface area (Å²) in [7, 11) is 0.